The zero-order valence-corrected chi connectivity index (χ0v) is 23.9. The van der Waals surface area contributed by atoms with Crippen molar-refractivity contribution in [3.8, 4) is 5.88 Å². The predicted octanol–water partition coefficient (Wildman–Crippen LogP) is 5.40. The van der Waals surface area contributed by atoms with Gasteiger partial charge < -0.3 is 19.0 Å². The molecule has 12 heteroatoms. The van der Waals surface area contributed by atoms with Crippen LogP contribution in [0.1, 0.15) is 53.2 Å². The number of fused-ring (bicyclic) bond motifs is 1. The van der Waals surface area contributed by atoms with E-state index in [4.69, 9.17) is 21.3 Å². The maximum absolute atomic E-state index is 14.2. The van der Waals surface area contributed by atoms with Gasteiger partial charge in [0.05, 0.1) is 53.9 Å². The number of hydrogen-bond donors (Lipinski definition) is 1. The van der Waals surface area contributed by atoms with Gasteiger partial charge in [0.1, 0.15) is 18.2 Å². The number of carbonyl (C=O) groups is 1. The molecule has 218 valence electrons. The van der Waals surface area contributed by atoms with Crippen molar-refractivity contribution in [1.82, 2.24) is 33.8 Å². The third kappa shape index (κ3) is 5.75. The molecule has 0 amide bonds. The fourth-order valence-corrected chi connectivity index (χ4v) is 5.69. The molecule has 2 aromatic carbocycles. The lowest BCUT2D eigenvalue weighted by Gasteiger charge is -2.32. The Morgan fingerprint density at radius 3 is 2.74 bits per heavy atom. The molecule has 0 radical (unpaired) electrons. The number of nitrogens with zero attached hydrogens (tertiary/aromatic N) is 7. The number of aryl methyl sites for hydroxylation is 1. The summed E-state index contributed by atoms with van der Waals surface area (Å²) in [7, 11) is 0. The molecule has 1 saturated heterocycles. The average molecular weight is 592 g/mol. The van der Waals surface area contributed by atoms with E-state index in [1.54, 1.807) is 48.9 Å². The van der Waals surface area contributed by atoms with Crippen LogP contribution in [0.15, 0.2) is 61.2 Å². The van der Waals surface area contributed by atoms with Crippen molar-refractivity contribution in [3.63, 3.8) is 0 Å². The van der Waals surface area contributed by atoms with Crippen molar-refractivity contribution in [2.75, 3.05) is 13.1 Å². The minimum Gasteiger partial charge on any atom is -0.478 e. The summed E-state index contributed by atoms with van der Waals surface area (Å²) in [6.45, 7) is 5.77. The lowest BCUT2D eigenvalue weighted by atomic mass is 10.1. The van der Waals surface area contributed by atoms with Crippen LogP contribution in [0.25, 0.3) is 11.0 Å². The standard InChI is InChI=1S/C30H31ClFN7O3/c1-2-37-19-33-15-24(37)16-38-27-13-20(30(40)41)4-6-26(27)35-28(38)17-36-11-8-23(9-12-36)39-29(7-10-34-39)42-18-21-3-5-22(31)14-25(21)32/h3-7,10,13-15,19,23H,2,8-9,11-12,16-18H2,1H3,(H,40,41). The van der Waals surface area contributed by atoms with Gasteiger partial charge in [0.15, 0.2) is 0 Å². The molecule has 3 aromatic heterocycles. The highest BCUT2D eigenvalue weighted by Gasteiger charge is 2.25. The van der Waals surface area contributed by atoms with Crippen molar-refractivity contribution in [2.24, 2.45) is 0 Å². The quantitative estimate of drug-likeness (QED) is 0.232. The number of likely N-dealkylation sites (tertiary alicyclic amines) is 1. The van der Waals surface area contributed by atoms with Crippen LogP contribution in [-0.2, 0) is 26.2 Å². The molecule has 5 aromatic rings. The van der Waals surface area contributed by atoms with Gasteiger partial charge in [-0.25, -0.2) is 23.8 Å². The molecular formula is C30H31ClFN7O3. The number of benzene rings is 2. The van der Waals surface area contributed by atoms with Gasteiger partial charge in [-0.05, 0) is 50.1 Å². The molecule has 4 heterocycles. The summed E-state index contributed by atoms with van der Waals surface area (Å²) in [5.41, 5.74) is 3.25. The van der Waals surface area contributed by atoms with E-state index in [-0.39, 0.29) is 18.2 Å². The van der Waals surface area contributed by atoms with Gasteiger partial charge in [-0.3, -0.25) is 4.90 Å². The summed E-state index contributed by atoms with van der Waals surface area (Å²) in [4.78, 5) is 23.3. The first-order valence-electron chi connectivity index (χ1n) is 13.9. The monoisotopic (exact) mass is 591 g/mol. The van der Waals surface area contributed by atoms with Crippen LogP contribution in [0.2, 0.25) is 5.02 Å². The molecule has 0 saturated carbocycles. The number of imidazole rings is 2. The molecule has 6 rings (SSSR count). The molecule has 0 atom stereocenters. The summed E-state index contributed by atoms with van der Waals surface area (Å²) in [5.74, 6) is 0.118. The van der Waals surface area contributed by atoms with Crippen LogP contribution >= 0.6 is 11.6 Å². The Bertz CT molecular complexity index is 1720. The maximum atomic E-state index is 14.2. The number of ether oxygens (including phenoxy) is 1. The van der Waals surface area contributed by atoms with Crippen LogP contribution in [0.4, 0.5) is 4.39 Å². The smallest absolute Gasteiger partial charge is 0.335 e. The van der Waals surface area contributed by atoms with Crippen LogP contribution < -0.4 is 4.74 Å². The molecule has 1 N–H and O–H groups in total. The fraction of sp³-hybridized carbons (Fsp3) is 0.333. The number of aromatic nitrogens is 6. The second-order valence-electron chi connectivity index (χ2n) is 10.4. The van der Waals surface area contributed by atoms with Gasteiger partial charge in [-0.2, -0.15) is 5.10 Å². The number of carboxylic acids is 1. The Labute approximate surface area is 246 Å². The summed E-state index contributed by atoms with van der Waals surface area (Å²) in [5, 5.41) is 14.4. The first-order valence-corrected chi connectivity index (χ1v) is 14.3. The van der Waals surface area contributed by atoms with Crippen LogP contribution in [0.3, 0.4) is 0 Å². The van der Waals surface area contributed by atoms with Crippen molar-refractivity contribution in [2.45, 2.75) is 52.0 Å². The van der Waals surface area contributed by atoms with E-state index in [0.29, 0.717) is 29.6 Å². The molecule has 1 fully saturated rings. The Morgan fingerprint density at radius 1 is 1.14 bits per heavy atom. The third-order valence-corrected chi connectivity index (χ3v) is 8.06. The molecule has 0 aliphatic carbocycles. The van der Waals surface area contributed by atoms with Gasteiger partial charge in [0.25, 0.3) is 0 Å². The van der Waals surface area contributed by atoms with E-state index < -0.39 is 11.8 Å². The number of piperidine rings is 1. The number of halogens is 2. The Balaban J connectivity index is 1.16. The van der Waals surface area contributed by atoms with Crippen molar-refractivity contribution in [3.05, 3.63) is 94.7 Å². The Morgan fingerprint density at radius 2 is 1.98 bits per heavy atom. The number of hydrogen-bond acceptors (Lipinski definition) is 6. The van der Waals surface area contributed by atoms with Gasteiger partial charge in [-0.1, -0.05) is 17.7 Å². The van der Waals surface area contributed by atoms with E-state index >= 15 is 0 Å². The SMILES string of the molecule is CCn1cncc1Cn1c(CN2CCC(n3nccc3OCc3ccc(Cl)cc3F)CC2)nc2ccc(C(=O)O)cc21. The van der Waals surface area contributed by atoms with Crippen LogP contribution in [-0.4, -0.2) is 57.9 Å². The van der Waals surface area contributed by atoms with E-state index in [0.717, 1.165) is 55.0 Å². The van der Waals surface area contributed by atoms with Crippen LogP contribution in [0.5, 0.6) is 5.88 Å². The van der Waals surface area contributed by atoms with Gasteiger partial charge >= 0.3 is 5.97 Å². The number of aromatic carboxylic acids is 1. The van der Waals surface area contributed by atoms with Gasteiger partial charge in [0.2, 0.25) is 5.88 Å². The highest BCUT2D eigenvalue weighted by Crippen LogP contribution is 2.29. The first kappa shape index (κ1) is 27.9. The Hall–Kier alpha value is -4.22. The molecule has 10 nitrogen and oxygen atoms in total. The second kappa shape index (κ2) is 11.9. The van der Waals surface area contributed by atoms with E-state index in [2.05, 4.69) is 31.0 Å². The average Bonchev–Trinajstić information content (AvgIpc) is 3.72. The normalized spacial score (nSPS) is 14.5. The molecule has 0 spiro atoms. The first-order chi connectivity index (χ1) is 20.4. The summed E-state index contributed by atoms with van der Waals surface area (Å²) >= 11 is 5.87. The molecular weight excluding hydrogens is 561 g/mol. The van der Waals surface area contributed by atoms with Gasteiger partial charge in [-0.15, -0.1) is 0 Å². The largest absolute Gasteiger partial charge is 0.478 e. The summed E-state index contributed by atoms with van der Waals surface area (Å²) in [6.07, 6.45) is 7.07. The van der Waals surface area contributed by atoms with Crippen molar-refractivity contribution >= 4 is 28.6 Å². The fourth-order valence-electron chi connectivity index (χ4n) is 5.53. The molecule has 1 aliphatic heterocycles. The van der Waals surface area contributed by atoms with E-state index in [9.17, 15) is 14.3 Å². The second-order valence-corrected chi connectivity index (χ2v) is 10.9. The molecule has 1 aliphatic rings. The lowest BCUT2D eigenvalue weighted by molar-refractivity contribution is 0.0697. The molecule has 0 unspecified atom stereocenters. The number of rotatable bonds is 10. The number of carboxylic acid groups (broad SMARTS) is 1. The van der Waals surface area contributed by atoms with Crippen molar-refractivity contribution in [1.29, 1.82) is 0 Å². The molecule has 42 heavy (non-hydrogen) atoms. The minimum absolute atomic E-state index is 0.0876. The van der Waals surface area contributed by atoms with Gasteiger partial charge in [0, 0.05) is 42.5 Å². The summed E-state index contributed by atoms with van der Waals surface area (Å²) < 4.78 is 26.2. The zero-order chi connectivity index (χ0) is 29.2. The third-order valence-electron chi connectivity index (χ3n) is 7.83. The Kier molecular flexibility index (Phi) is 7.94. The zero-order valence-electron chi connectivity index (χ0n) is 23.2. The lowest BCUT2D eigenvalue weighted by Crippen LogP contribution is -2.35. The minimum atomic E-state index is -0.966. The van der Waals surface area contributed by atoms with E-state index in [1.165, 1.54) is 6.07 Å². The molecule has 0 bridgehead atoms. The highest BCUT2D eigenvalue weighted by atomic mass is 35.5. The predicted molar refractivity (Wildman–Crippen MR) is 155 cm³/mol. The summed E-state index contributed by atoms with van der Waals surface area (Å²) in [6, 6.07) is 11.6. The maximum Gasteiger partial charge on any atom is 0.335 e. The van der Waals surface area contributed by atoms with Crippen LogP contribution in [0, 0.1) is 5.82 Å². The van der Waals surface area contributed by atoms with E-state index in [1.807, 2.05) is 10.9 Å². The van der Waals surface area contributed by atoms with Crippen molar-refractivity contribution < 1.29 is 19.0 Å². The highest BCUT2D eigenvalue weighted by molar-refractivity contribution is 6.30. The topological polar surface area (TPSA) is 103 Å².